The predicted octanol–water partition coefficient (Wildman–Crippen LogP) is -2.14. The van der Waals surface area contributed by atoms with Crippen LogP contribution in [0.2, 0.25) is 0 Å². The zero-order chi connectivity index (χ0) is 31.2. The molecule has 2 aliphatic rings. The van der Waals surface area contributed by atoms with Crippen LogP contribution < -0.4 is 9.47 Å². The highest BCUT2D eigenvalue weighted by atomic mass is 16.7. The van der Waals surface area contributed by atoms with Gasteiger partial charge in [0.15, 0.2) is 11.5 Å². The van der Waals surface area contributed by atoms with Crippen LogP contribution in [0.15, 0.2) is 40.8 Å². The van der Waals surface area contributed by atoms with Gasteiger partial charge in [-0.05, 0) is 12.1 Å². The molecule has 5 rings (SSSR count). The topological polar surface area (TPSA) is 271 Å². The maximum atomic E-state index is 10.6. The third kappa shape index (κ3) is 5.85. The van der Waals surface area contributed by atoms with Crippen molar-refractivity contribution in [3.8, 4) is 40.1 Å². The zero-order valence-electron chi connectivity index (χ0n) is 22.1. The Bertz CT molecular complexity index is 1450. The maximum absolute atomic E-state index is 10.6. The Morgan fingerprint density at radius 1 is 0.628 bits per heavy atom. The summed E-state index contributed by atoms with van der Waals surface area (Å²) in [5.41, 5.74) is 0.0554. The molecular weight excluding hydrogens is 580 g/mol. The van der Waals surface area contributed by atoms with Gasteiger partial charge >= 0.3 is 11.3 Å². The number of phenolic OH excluding ortho intramolecular Hbond substituents is 3. The molecule has 0 saturated carbocycles. The predicted molar refractivity (Wildman–Crippen MR) is 140 cm³/mol. The van der Waals surface area contributed by atoms with Crippen molar-refractivity contribution in [2.75, 3.05) is 13.2 Å². The minimum Gasteiger partial charge on any atom is -0.507 e. The molecule has 234 valence electrons. The number of benzene rings is 2. The highest BCUT2D eigenvalue weighted by molar-refractivity contribution is 5.89. The third-order valence-electron chi connectivity index (χ3n) is 7.22. The Labute approximate surface area is 242 Å². The molecule has 0 aliphatic carbocycles. The second-order valence-electron chi connectivity index (χ2n) is 10.1. The van der Waals surface area contributed by atoms with E-state index < -0.39 is 91.9 Å². The quantitative estimate of drug-likeness (QED) is 0.100. The molecule has 10 unspecified atom stereocenters. The zero-order valence-corrected chi connectivity index (χ0v) is 22.1. The Kier molecular flexibility index (Phi) is 8.77. The molecule has 3 heterocycles. The summed E-state index contributed by atoms with van der Waals surface area (Å²) in [5, 5.41) is 111. The third-order valence-corrected chi connectivity index (χ3v) is 7.22. The van der Waals surface area contributed by atoms with Gasteiger partial charge < -0.3 is 75.1 Å². The summed E-state index contributed by atoms with van der Waals surface area (Å²) in [5.74, 6) is -1.96. The largest absolute Gasteiger partial charge is 0.507 e. The average Bonchev–Trinajstić information content (AvgIpc) is 2.98. The molecule has 0 bridgehead atoms. The number of rotatable bonds is 7. The lowest BCUT2D eigenvalue weighted by atomic mass is 9.99. The van der Waals surface area contributed by atoms with E-state index in [1.807, 2.05) is 0 Å². The monoisotopic (exact) mass is 611 g/mol. The van der Waals surface area contributed by atoms with Crippen molar-refractivity contribution in [1.82, 2.24) is 0 Å². The minimum atomic E-state index is -1.82. The van der Waals surface area contributed by atoms with Gasteiger partial charge in [-0.2, -0.15) is 0 Å². The fraction of sp³-hybridized carbons (Fsp3) is 0.444. The van der Waals surface area contributed by atoms with E-state index in [1.165, 1.54) is 18.2 Å². The fourth-order valence-electron chi connectivity index (χ4n) is 4.80. The number of ether oxygens (including phenoxy) is 4. The molecule has 43 heavy (non-hydrogen) atoms. The van der Waals surface area contributed by atoms with Crippen LogP contribution in [-0.2, 0) is 9.47 Å². The number of aliphatic hydroxyl groups is 8. The van der Waals surface area contributed by atoms with E-state index >= 15 is 0 Å². The Morgan fingerprint density at radius 2 is 1.19 bits per heavy atom. The van der Waals surface area contributed by atoms with E-state index in [-0.39, 0.29) is 33.8 Å². The van der Waals surface area contributed by atoms with Gasteiger partial charge in [-0.1, -0.05) is 0 Å². The Hall–Kier alpha value is -3.55. The van der Waals surface area contributed by atoms with E-state index in [9.17, 15) is 56.2 Å². The summed E-state index contributed by atoms with van der Waals surface area (Å²) in [7, 11) is 0. The van der Waals surface area contributed by atoms with Crippen LogP contribution in [0.4, 0.5) is 0 Å². The highest BCUT2D eigenvalue weighted by Crippen LogP contribution is 2.43. The van der Waals surface area contributed by atoms with Crippen LogP contribution in [-0.4, -0.2) is 131 Å². The van der Waals surface area contributed by atoms with Crippen molar-refractivity contribution in [3.63, 3.8) is 0 Å². The van der Waals surface area contributed by atoms with Crippen LogP contribution in [0.25, 0.3) is 22.3 Å². The van der Waals surface area contributed by atoms with Crippen LogP contribution in [0.1, 0.15) is 0 Å². The van der Waals surface area contributed by atoms with Gasteiger partial charge in [0.25, 0.3) is 0 Å². The second-order valence-corrected chi connectivity index (χ2v) is 10.1. The summed E-state index contributed by atoms with van der Waals surface area (Å²) >= 11 is 0. The first-order chi connectivity index (χ1) is 20.4. The van der Waals surface area contributed by atoms with Crippen molar-refractivity contribution in [2.45, 2.75) is 61.4 Å². The molecule has 16 nitrogen and oxygen atoms in total. The molecule has 16 heteroatoms. The summed E-state index contributed by atoms with van der Waals surface area (Å²) in [6.07, 6.45) is -16.4. The number of phenols is 3. The number of hydrogen-bond donors (Lipinski definition) is 11. The number of fused-ring (bicyclic) bond motifs is 1. The lowest BCUT2D eigenvalue weighted by Gasteiger charge is -2.39. The molecular formula is C27H31O16+. The van der Waals surface area contributed by atoms with Gasteiger partial charge in [0, 0.05) is 18.2 Å². The van der Waals surface area contributed by atoms with Crippen LogP contribution >= 0.6 is 0 Å². The van der Waals surface area contributed by atoms with Gasteiger partial charge in [0.1, 0.15) is 65.7 Å². The van der Waals surface area contributed by atoms with E-state index in [0.717, 1.165) is 18.2 Å². The first-order valence-corrected chi connectivity index (χ1v) is 13.0. The van der Waals surface area contributed by atoms with Crippen molar-refractivity contribution >= 4 is 11.0 Å². The fourth-order valence-corrected chi connectivity index (χ4v) is 4.80. The van der Waals surface area contributed by atoms with Gasteiger partial charge in [0.05, 0.1) is 24.8 Å². The van der Waals surface area contributed by atoms with Gasteiger partial charge in [-0.25, -0.2) is 4.42 Å². The van der Waals surface area contributed by atoms with Gasteiger partial charge in [-0.15, -0.1) is 0 Å². The minimum absolute atomic E-state index is 0.0427. The molecule has 0 radical (unpaired) electrons. The Morgan fingerprint density at radius 3 is 1.72 bits per heavy atom. The molecule has 2 aromatic carbocycles. The molecule has 0 spiro atoms. The van der Waals surface area contributed by atoms with Gasteiger partial charge in [0.2, 0.25) is 18.3 Å². The molecule has 2 fully saturated rings. The van der Waals surface area contributed by atoms with Crippen molar-refractivity contribution in [2.24, 2.45) is 0 Å². The van der Waals surface area contributed by atoms with Crippen molar-refractivity contribution in [3.05, 3.63) is 36.4 Å². The smallest absolute Gasteiger partial charge is 0.402 e. The number of aliphatic hydroxyl groups excluding tert-OH is 8. The van der Waals surface area contributed by atoms with Crippen LogP contribution in [0, 0.1) is 0 Å². The van der Waals surface area contributed by atoms with Crippen molar-refractivity contribution < 1.29 is 79.5 Å². The standard InChI is InChI=1S/C27H30O16/c28-7-17-19(33)21(35)23(37)26(42-17)40-15-5-10(30)4-14-11(15)6-16(25(39-14)9-1-2-12(31)13(32)3-9)41-27-24(38)22(36)20(34)18(8-29)43-27/h1-6,17-24,26-29,33-38H,7-8H2,(H2-,30,31,32)/p+1. The lowest BCUT2D eigenvalue weighted by Crippen LogP contribution is -2.60. The molecule has 2 aliphatic heterocycles. The number of aromatic hydroxyl groups is 3. The molecule has 0 amide bonds. The van der Waals surface area contributed by atoms with E-state index in [1.54, 1.807) is 0 Å². The van der Waals surface area contributed by atoms with E-state index in [0.29, 0.717) is 0 Å². The van der Waals surface area contributed by atoms with E-state index in [2.05, 4.69) is 0 Å². The first-order valence-electron chi connectivity index (χ1n) is 13.0. The average molecular weight is 612 g/mol. The second kappa shape index (κ2) is 12.2. The molecule has 11 N–H and O–H groups in total. The number of hydrogen-bond acceptors (Lipinski definition) is 15. The van der Waals surface area contributed by atoms with Crippen LogP contribution in [0.5, 0.6) is 28.7 Å². The molecule has 2 saturated heterocycles. The summed E-state index contributed by atoms with van der Waals surface area (Å²) in [6, 6.07) is 7.17. The SMILES string of the molecule is OCC1OC(Oc2cc3c(OC4OC(CO)C(O)C(O)C4O)cc(O)cc3[o+]c2-c2ccc(O)c(O)c2)C(O)C(O)C1O. The normalized spacial score (nSPS) is 32.9. The summed E-state index contributed by atoms with van der Waals surface area (Å²) < 4.78 is 28.4. The summed E-state index contributed by atoms with van der Waals surface area (Å²) in [6.45, 7) is -1.46. The van der Waals surface area contributed by atoms with Gasteiger partial charge in [-0.3, -0.25) is 0 Å². The lowest BCUT2D eigenvalue weighted by molar-refractivity contribution is -0.277. The first kappa shape index (κ1) is 30.9. The van der Waals surface area contributed by atoms with Crippen molar-refractivity contribution in [1.29, 1.82) is 0 Å². The maximum Gasteiger partial charge on any atom is 0.402 e. The van der Waals surface area contributed by atoms with E-state index in [4.69, 9.17) is 23.4 Å². The molecule has 10 atom stereocenters. The molecule has 3 aromatic rings. The molecule has 1 aromatic heterocycles. The van der Waals surface area contributed by atoms with Crippen LogP contribution in [0.3, 0.4) is 0 Å². The highest BCUT2D eigenvalue weighted by Gasteiger charge is 2.47. The Balaban J connectivity index is 1.61. The summed E-state index contributed by atoms with van der Waals surface area (Å²) in [4.78, 5) is 0.